The Balaban J connectivity index is 2.09. The van der Waals surface area contributed by atoms with Gasteiger partial charge in [0.15, 0.2) is 0 Å². The molecule has 0 bridgehead atoms. The first kappa shape index (κ1) is 13.0. The van der Waals surface area contributed by atoms with E-state index in [0.29, 0.717) is 0 Å². The lowest BCUT2D eigenvalue weighted by molar-refractivity contribution is 0.108. The van der Waals surface area contributed by atoms with Gasteiger partial charge in [-0.3, -0.25) is 0 Å². The van der Waals surface area contributed by atoms with Gasteiger partial charge in [-0.1, -0.05) is 41.6 Å². The molecule has 0 fully saturated rings. The number of hydrogen-bond acceptors (Lipinski definition) is 2. The van der Waals surface area contributed by atoms with Crippen LogP contribution >= 0.6 is 23.4 Å². The molecule has 3 heteroatoms. The first-order valence-electron chi connectivity index (χ1n) is 6.26. The second kappa shape index (κ2) is 5.58. The van der Waals surface area contributed by atoms with Gasteiger partial charge in [-0.25, -0.2) is 0 Å². The number of ether oxygens (including phenoxy) is 1. The van der Waals surface area contributed by atoms with E-state index < -0.39 is 0 Å². The SMILES string of the molecule is C[CH]OC1Cc2cc(Cl)ccc2Sc2ccccc21. The smallest absolute Gasteiger partial charge is 0.0881 e. The summed E-state index contributed by atoms with van der Waals surface area (Å²) in [4.78, 5) is 2.52. The van der Waals surface area contributed by atoms with Crippen LogP contribution in [0.15, 0.2) is 52.3 Å². The Labute approximate surface area is 122 Å². The molecule has 0 aliphatic carbocycles. The second-order valence-corrected chi connectivity index (χ2v) is 5.98. The summed E-state index contributed by atoms with van der Waals surface area (Å²) in [5.74, 6) is 0. The Morgan fingerprint density at radius 2 is 2.05 bits per heavy atom. The van der Waals surface area contributed by atoms with E-state index in [1.54, 1.807) is 18.4 Å². The Kier molecular flexibility index (Phi) is 3.83. The van der Waals surface area contributed by atoms with Crippen LogP contribution in [-0.4, -0.2) is 0 Å². The van der Waals surface area contributed by atoms with E-state index >= 15 is 0 Å². The fourth-order valence-corrected chi connectivity index (χ4v) is 3.67. The minimum absolute atomic E-state index is 0.0633. The maximum absolute atomic E-state index is 6.11. The van der Waals surface area contributed by atoms with Crippen LogP contribution in [0.25, 0.3) is 0 Å². The lowest BCUT2D eigenvalue weighted by Gasteiger charge is -2.17. The van der Waals surface area contributed by atoms with Crippen LogP contribution in [0.3, 0.4) is 0 Å². The summed E-state index contributed by atoms with van der Waals surface area (Å²) in [5.41, 5.74) is 2.50. The summed E-state index contributed by atoms with van der Waals surface area (Å²) >= 11 is 7.90. The fourth-order valence-electron chi connectivity index (χ4n) is 2.36. The monoisotopic (exact) mass is 289 g/mol. The summed E-state index contributed by atoms with van der Waals surface area (Å²) < 4.78 is 5.80. The van der Waals surface area contributed by atoms with Crippen molar-refractivity contribution in [2.45, 2.75) is 29.2 Å². The van der Waals surface area contributed by atoms with Crippen molar-refractivity contribution < 1.29 is 4.74 Å². The summed E-state index contributed by atoms with van der Waals surface area (Å²) in [5, 5.41) is 0.782. The van der Waals surface area contributed by atoms with Gasteiger partial charge >= 0.3 is 0 Å². The van der Waals surface area contributed by atoms with E-state index in [2.05, 4.69) is 30.3 Å². The Morgan fingerprint density at radius 1 is 1.21 bits per heavy atom. The summed E-state index contributed by atoms with van der Waals surface area (Å²) in [6.07, 6.45) is 0.915. The van der Waals surface area contributed by atoms with Crippen molar-refractivity contribution in [3.63, 3.8) is 0 Å². The molecule has 1 atom stereocenters. The zero-order valence-corrected chi connectivity index (χ0v) is 12.2. The molecule has 1 radical (unpaired) electrons. The molecule has 1 aliphatic rings. The van der Waals surface area contributed by atoms with Crippen molar-refractivity contribution in [2.24, 2.45) is 0 Å². The van der Waals surface area contributed by atoms with Crippen LogP contribution in [-0.2, 0) is 11.2 Å². The molecule has 2 aromatic carbocycles. The Bertz CT molecular complexity index is 597. The normalized spacial score (nSPS) is 17.5. The van der Waals surface area contributed by atoms with E-state index in [-0.39, 0.29) is 6.10 Å². The standard InChI is InChI=1S/C16H14ClOS/c1-2-18-14-10-11-9-12(17)7-8-15(11)19-16-6-4-3-5-13(14)16/h2-9,14H,10H2,1H3. The number of hydrogen-bond donors (Lipinski definition) is 0. The predicted molar refractivity (Wildman–Crippen MR) is 79.5 cm³/mol. The average molecular weight is 290 g/mol. The highest BCUT2D eigenvalue weighted by atomic mass is 35.5. The third-order valence-electron chi connectivity index (χ3n) is 3.21. The molecule has 1 heterocycles. The van der Waals surface area contributed by atoms with E-state index in [0.717, 1.165) is 11.4 Å². The van der Waals surface area contributed by atoms with Gasteiger partial charge in [0.05, 0.1) is 12.7 Å². The summed E-state index contributed by atoms with van der Waals surface area (Å²) in [7, 11) is 0. The molecule has 19 heavy (non-hydrogen) atoms. The second-order valence-electron chi connectivity index (χ2n) is 4.46. The van der Waals surface area contributed by atoms with Crippen molar-refractivity contribution >= 4 is 23.4 Å². The van der Waals surface area contributed by atoms with Crippen molar-refractivity contribution in [1.82, 2.24) is 0 Å². The lowest BCUT2D eigenvalue weighted by atomic mass is 10.0. The zero-order chi connectivity index (χ0) is 13.2. The van der Waals surface area contributed by atoms with Crippen molar-refractivity contribution in [3.05, 3.63) is 65.2 Å². The molecule has 0 spiro atoms. The minimum Gasteiger partial charge on any atom is -0.368 e. The number of fused-ring (bicyclic) bond motifs is 2. The van der Waals surface area contributed by atoms with Gasteiger partial charge < -0.3 is 4.74 Å². The molecule has 1 unspecified atom stereocenters. The van der Waals surface area contributed by atoms with Crippen molar-refractivity contribution in [1.29, 1.82) is 0 Å². The minimum atomic E-state index is 0.0633. The van der Waals surface area contributed by atoms with E-state index in [1.807, 2.05) is 19.1 Å². The molecule has 97 valence electrons. The van der Waals surface area contributed by atoms with Gasteiger partial charge in [-0.05, 0) is 42.3 Å². The first-order chi connectivity index (χ1) is 9.28. The molecule has 0 aromatic heterocycles. The maximum Gasteiger partial charge on any atom is 0.0881 e. The van der Waals surface area contributed by atoms with Crippen LogP contribution in [0.4, 0.5) is 0 Å². The highest BCUT2D eigenvalue weighted by Gasteiger charge is 2.22. The largest absolute Gasteiger partial charge is 0.368 e. The topological polar surface area (TPSA) is 9.23 Å². The molecule has 3 rings (SSSR count). The number of rotatable bonds is 2. The highest BCUT2D eigenvalue weighted by molar-refractivity contribution is 7.99. The zero-order valence-electron chi connectivity index (χ0n) is 10.6. The van der Waals surface area contributed by atoms with E-state index in [1.165, 1.54) is 20.9 Å². The van der Waals surface area contributed by atoms with Gasteiger partial charge in [-0.15, -0.1) is 0 Å². The molecule has 0 N–H and O–H groups in total. The van der Waals surface area contributed by atoms with Crippen LogP contribution in [0.2, 0.25) is 5.02 Å². The highest BCUT2D eigenvalue weighted by Crippen LogP contribution is 2.42. The fraction of sp³-hybridized carbons (Fsp3) is 0.188. The van der Waals surface area contributed by atoms with Gasteiger partial charge in [0.1, 0.15) is 0 Å². The number of benzene rings is 2. The summed E-state index contributed by atoms with van der Waals surface area (Å²) in [6.45, 7) is 3.68. The van der Waals surface area contributed by atoms with Crippen molar-refractivity contribution in [2.75, 3.05) is 0 Å². The van der Waals surface area contributed by atoms with Crippen LogP contribution < -0.4 is 0 Å². The van der Waals surface area contributed by atoms with Crippen LogP contribution in [0.1, 0.15) is 24.2 Å². The van der Waals surface area contributed by atoms with E-state index in [9.17, 15) is 0 Å². The maximum atomic E-state index is 6.11. The van der Waals surface area contributed by atoms with Crippen molar-refractivity contribution in [3.8, 4) is 0 Å². The third-order valence-corrected chi connectivity index (χ3v) is 4.66. The molecular weight excluding hydrogens is 276 g/mol. The van der Waals surface area contributed by atoms with Crippen LogP contribution in [0, 0.1) is 6.61 Å². The van der Waals surface area contributed by atoms with Gasteiger partial charge in [0, 0.05) is 21.2 Å². The molecule has 1 nitrogen and oxygen atoms in total. The van der Waals surface area contributed by atoms with E-state index in [4.69, 9.17) is 16.3 Å². The third kappa shape index (κ3) is 2.66. The molecule has 0 saturated heterocycles. The summed E-state index contributed by atoms with van der Waals surface area (Å²) in [6, 6.07) is 14.5. The molecule has 2 aromatic rings. The molecule has 0 saturated carbocycles. The lowest BCUT2D eigenvalue weighted by Crippen LogP contribution is -2.05. The predicted octanol–water partition coefficient (Wildman–Crippen LogP) is 5.29. The molecular formula is C16H14ClOS. The van der Waals surface area contributed by atoms with Gasteiger partial charge in [0.2, 0.25) is 0 Å². The van der Waals surface area contributed by atoms with Crippen LogP contribution in [0.5, 0.6) is 0 Å². The molecule has 1 aliphatic heterocycles. The quantitative estimate of drug-likeness (QED) is 0.743. The van der Waals surface area contributed by atoms with Gasteiger partial charge in [0.25, 0.3) is 0 Å². The Hall–Kier alpha value is -0.960. The average Bonchev–Trinajstić information content (AvgIpc) is 2.56. The number of halogens is 1. The molecule has 0 amide bonds. The first-order valence-corrected chi connectivity index (χ1v) is 7.46. The van der Waals surface area contributed by atoms with Gasteiger partial charge in [-0.2, -0.15) is 0 Å². The Morgan fingerprint density at radius 3 is 2.89 bits per heavy atom.